The summed E-state index contributed by atoms with van der Waals surface area (Å²) in [5.74, 6) is 0.240. The molecule has 1 aromatic carbocycles. The summed E-state index contributed by atoms with van der Waals surface area (Å²) in [6.45, 7) is 1.42. The van der Waals surface area contributed by atoms with Gasteiger partial charge >= 0.3 is 0 Å². The third kappa shape index (κ3) is 2.21. The van der Waals surface area contributed by atoms with Gasteiger partial charge in [-0.2, -0.15) is 0 Å². The number of carbonyl (C=O) groups is 2. The minimum absolute atomic E-state index is 0.129. The molecular formula is C17H15N5O2. The molecule has 120 valence electrons. The van der Waals surface area contributed by atoms with Crippen molar-refractivity contribution < 1.29 is 9.59 Å². The summed E-state index contributed by atoms with van der Waals surface area (Å²) in [7, 11) is 1.71. The molecule has 0 saturated carbocycles. The molecule has 0 fully saturated rings. The fraction of sp³-hybridized carbons (Fsp3) is 0.176. The van der Waals surface area contributed by atoms with Crippen LogP contribution in [0.5, 0.6) is 0 Å². The number of aliphatic imine (C=N–C) groups is 1. The Bertz CT molecular complexity index is 863. The van der Waals surface area contributed by atoms with Gasteiger partial charge in [0.2, 0.25) is 5.96 Å². The summed E-state index contributed by atoms with van der Waals surface area (Å²) in [5.41, 5.74) is 2.26. The zero-order valence-corrected chi connectivity index (χ0v) is 13.1. The van der Waals surface area contributed by atoms with Crippen molar-refractivity contribution in [3.8, 4) is 0 Å². The van der Waals surface area contributed by atoms with Gasteiger partial charge in [-0.15, -0.1) is 0 Å². The zero-order chi connectivity index (χ0) is 16.7. The first-order chi connectivity index (χ1) is 11.6. The molecule has 2 amide bonds. The summed E-state index contributed by atoms with van der Waals surface area (Å²) in [6.07, 6.45) is 1.56. The lowest BCUT2D eigenvalue weighted by Crippen LogP contribution is -2.48. The lowest BCUT2D eigenvalue weighted by Gasteiger charge is -2.33. The second-order valence-electron chi connectivity index (χ2n) is 5.60. The number of amides is 2. The molecule has 0 bridgehead atoms. The number of nitrogens with one attached hydrogen (secondary N) is 1. The van der Waals surface area contributed by atoms with E-state index in [1.54, 1.807) is 48.5 Å². The Morgan fingerprint density at radius 2 is 2.12 bits per heavy atom. The standard InChI is InChI=1S/C17H15N5O2/c1-21-16(24)12-10-11(20-15(23)13-4-2-3-7-18-13)5-6-14(12)22-9-8-19-17(21)22/h2-7,10H,8-9H2,1H3,(H,20,23). The number of carbonyl (C=O) groups excluding carboxylic acids is 2. The molecular weight excluding hydrogens is 306 g/mol. The molecule has 7 nitrogen and oxygen atoms in total. The lowest BCUT2D eigenvalue weighted by atomic mass is 10.1. The van der Waals surface area contributed by atoms with Gasteiger partial charge in [-0.25, -0.2) is 0 Å². The topological polar surface area (TPSA) is 77.9 Å². The summed E-state index contributed by atoms with van der Waals surface area (Å²) in [6, 6.07) is 10.5. The second kappa shape index (κ2) is 5.45. The average molecular weight is 321 g/mol. The lowest BCUT2D eigenvalue weighted by molar-refractivity contribution is 0.0865. The van der Waals surface area contributed by atoms with Crippen LogP contribution in [0.4, 0.5) is 11.4 Å². The molecule has 1 N–H and O–H groups in total. The maximum absolute atomic E-state index is 12.6. The van der Waals surface area contributed by atoms with Crippen molar-refractivity contribution in [2.24, 2.45) is 4.99 Å². The van der Waals surface area contributed by atoms with Crippen molar-refractivity contribution in [1.29, 1.82) is 0 Å². The highest BCUT2D eigenvalue weighted by atomic mass is 16.2. The van der Waals surface area contributed by atoms with Crippen molar-refractivity contribution in [3.05, 3.63) is 53.9 Å². The summed E-state index contributed by atoms with van der Waals surface area (Å²) in [5, 5.41) is 2.78. The molecule has 2 aliphatic heterocycles. The number of benzene rings is 1. The third-order valence-corrected chi connectivity index (χ3v) is 4.10. The molecule has 4 rings (SSSR count). The number of pyridine rings is 1. The van der Waals surface area contributed by atoms with Crippen LogP contribution in [0.1, 0.15) is 20.8 Å². The van der Waals surface area contributed by atoms with Crippen LogP contribution in [0, 0.1) is 0 Å². The first-order valence-electron chi connectivity index (χ1n) is 7.61. The van der Waals surface area contributed by atoms with Crippen molar-refractivity contribution in [2.75, 3.05) is 30.4 Å². The van der Waals surface area contributed by atoms with E-state index in [0.717, 1.165) is 12.2 Å². The number of anilines is 2. The van der Waals surface area contributed by atoms with Crippen LogP contribution in [0.15, 0.2) is 47.6 Å². The molecule has 3 heterocycles. The quantitative estimate of drug-likeness (QED) is 0.911. The molecule has 0 unspecified atom stereocenters. The fourth-order valence-electron chi connectivity index (χ4n) is 2.93. The number of rotatable bonds is 2. The van der Waals surface area contributed by atoms with Crippen molar-refractivity contribution in [3.63, 3.8) is 0 Å². The molecule has 0 aliphatic carbocycles. The Morgan fingerprint density at radius 1 is 1.25 bits per heavy atom. The van der Waals surface area contributed by atoms with Crippen molar-refractivity contribution >= 4 is 29.1 Å². The van der Waals surface area contributed by atoms with Crippen molar-refractivity contribution in [2.45, 2.75) is 0 Å². The Hall–Kier alpha value is -3.22. The van der Waals surface area contributed by atoms with E-state index in [2.05, 4.69) is 15.3 Å². The summed E-state index contributed by atoms with van der Waals surface area (Å²) in [4.78, 5) is 36.7. The molecule has 0 radical (unpaired) electrons. The van der Waals surface area contributed by atoms with E-state index in [0.29, 0.717) is 29.4 Å². The van der Waals surface area contributed by atoms with Gasteiger partial charge in [0.25, 0.3) is 11.8 Å². The van der Waals surface area contributed by atoms with Crippen LogP contribution < -0.4 is 10.2 Å². The molecule has 0 spiro atoms. The maximum Gasteiger partial charge on any atom is 0.274 e. The minimum Gasteiger partial charge on any atom is -0.321 e. The predicted molar refractivity (Wildman–Crippen MR) is 90.4 cm³/mol. The minimum atomic E-state index is -0.310. The number of nitrogens with zero attached hydrogens (tertiary/aromatic N) is 4. The van der Waals surface area contributed by atoms with Gasteiger partial charge in [0, 0.05) is 25.5 Å². The van der Waals surface area contributed by atoms with Crippen LogP contribution in [0.25, 0.3) is 0 Å². The number of guanidine groups is 1. The first-order valence-corrected chi connectivity index (χ1v) is 7.61. The zero-order valence-electron chi connectivity index (χ0n) is 13.1. The van der Waals surface area contributed by atoms with E-state index in [1.165, 1.54) is 0 Å². The van der Waals surface area contributed by atoms with E-state index in [1.807, 2.05) is 11.0 Å². The van der Waals surface area contributed by atoms with E-state index < -0.39 is 0 Å². The highest BCUT2D eigenvalue weighted by Gasteiger charge is 2.35. The number of hydrogen-bond acceptors (Lipinski definition) is 5. The highest BCUT2D eigenvalue weighted by Crippen LogP contribution is 2.32. The van der Waals surface area contributed by atoms with E-state index in [-0.39, 0.29) is 11.8 Å². The van der Waals surface area contributed by atoms with E-state index in [4.69, 9.17) is 0 Å². The van der Waals surface area contributed by atoms with E-state index >= 15 is 0 Å². The fourth-order valence-corrected chi connectivity index (χ4v) is 2.93. The van der Waals surface area contributed by atoms with Gasteiger partial charge in [0.15, 0.2) is 0 Å². The Kier molecular flexibility index (Phi) is 3.26. The van der Waals surface area contributed by atoms with Crippen LogP contribution in [-0.2, 0) is 0 Å². The molecule has 2 aliphatic rings. The first kappa shape index (κ1) is 14.4. The molecule has 0 saturated heterocycles. The van der Waals surface area contributed by atoms with Gasteiger partial charge in [-0.05, 0) is 30.3 Å². The van der Waals surface area contributed by atoms with Gasteiger partial charge in [0.05, 0.1) is 17.8 Å². The van der Waals surface area contributed by atoms with Gasteiger partial charge in [0.1, 0.15) is 5.69 Å². The Balaban J connectivity index is 1.66. The molecule has 24 heavy (non-hydrogen) atoms. The number of hydrogen-bond donors (Lipinski definition) is 1. The van der Waals surface area contributed by atoms with Crippen LogP contribution >= 0.6 is 0 Å². The van der Waals surface area contributed by atoms with Crippen LogP contribution in [0.3, 0.4) is 0 Å². The van der Waals surface area contributed by atoms with Gasteiger partial charge < -0.3 is 10.2 Å². The van der Waals surface area contributed by atoms with Crippen LogP contribution in [-0.4, -0.2) is 47.8 Å². The smallest absolute Gasteiger partial charge is 0.274 e. The van der Waals surface area contributed by atoms with Gasteiger partial charge in [-0.1, -0.05) is 6.07 Å². The molecule has 7 heteroatoms. The summed E-state index contributed by atoms with van der Waals surface area (Å²) < 4.78 is 0. The Labute approximate surface area is 138 Å². The third-order valence-electron chi connectivity index (χ3n) is 4.10. The normalized spacial score (nSPS) is 15.7. The van der Waals surface area contributed by atoms with E-state index in [9.17, 15) is 9.59 Å². The maximum atomic E-state index is 12.6. The predicted octanol–water partition coefficient (Wildman–Crippen LogP) is 1.60. The van der Waals surface area contributed by atoms with Gasteiger partial charge in [-0.3, -0.25) is 24.5 Å². The molecule has 1 aromatic heterocycles. The molecule has 0 atom stereocenters. The summed E-state index contributed by atoms with van der Waals surface area (Å²) >= 11 is 0. The SMILES string of the molecule is CN1C(=O)c2cc(NC(=O)c3ccccn3)ccc2N2CCN=C12. The highest BCUT2D eigenvalue weighted by molar-refractivity contribution is 6.19. The monoisotopic (exact) mass is 321 g/mol. The number of aromatic nitrogens is 1. The average Bonchev–Trinajstić information content (AvgIpc) is 3.10. The second-order valence-corrected chi connectivity index (χ2v) is 5.60. The van der Waals surface area contributed by atoms with Crippen molar-refractivity contribution in [1.82, 2.24) is 9.88 Å². The largest absolute Gasteiger partial charge is 0.321 e. The number of fused-ring (bicyclic) bond motifs is 3. The van der Waals surface area contributed by atoms with Crippen LogP contribution in [0.2, 0.25) is 0 Å². The Morgan fingerprint density at radius 3 is 2.92 bits per heavy atom. The molecule has 2 aromatic rings.